The van der Waals surface area contributed by atoms with Crippen molar-refractivity contribution in [2.24, 2.45) is 11.7 Å². The Labute approximate surface area is 97.0 Å². The van der Waals surface area contributed by atoms with Gasteiger partial charge in [0.2, 0.25) is 0 Å². The summed E-state index contributed by atoms with van der Waals surface area (Å²) in [5.41, 5.74) is 6.21. The molecule has 0 aliphatic heterocycles. The van der Waals surface area contributed by atoms with Crippen LogP contribution in [0, 0.1) is 5.92 Å². The van der Waals surface area contributed by atoms with E-state index in [9.17, 15) is 0 Å². The van der Waals surface area contributed by atoms with Gasteiger partial charge in [-0.15, -0.1) is 0 Å². The summed E-state index contributed by atoms with van der Waals surface area (Å²) < 4.78 is 11.0. The molecule has 0 spiro atoms. The van der Waals surface area contributed by atoms with E-state index in [0.717, 1.165) is 5.76 Å². The van der Waals surface area contributed by atoms with Gasteiger partial charge < -0.3 is 14.9 Å². The molecule has 3 heteroatoms. The summed E-state index contributed by atoms with van der Waals surface area (Å²) in [4.78, 5) is 0. The Morgan fingerprint density at radius 1 is 1.38 bits per heavy atom. The number of furan rings is 1. The van der Waals surface area contributed by atoms with Gasteiger partial charge >= 0.3 is 0 Å². The molecule has 1 aromatic heterocycles. The Morgan fingerprint density at radius 3 is 2.69 bits per heavy atom. The molecule has 0 amide bonds. The second-order valence-corrected chi connectivity index (χ2v) is 4.64. The predicted molar refractivity (Wildman–Crippen MR) is 63.0 cm³/mol. The second-order valence-electron chi connectivity index (χ2n) is 4.64. The lowest BCUT2D eigenvalue weighted by Gasteiger charge is -2.32. The molecular weight excluding hydrogens is 202 g/mol. The van der Waals surface area contributed by atoms with E-state index in [-0.39, 0.29) is 12.1 Å². The van der Waals surface area contributed by atoms with Crippen molar-refractivity contribution < 1.29 is 9.15 Å². The van der Waals surface area contributed by atoms with Crippen molar-refractivity contribution in [1.29, 1.82) is 0 Å². The van der Waals surface area contributed by atoms with Gasteiger partial charge in [-0.25, -0.2) is 0 Å². The first-order chi connectivity index (χ1) is 7.83. The lowest BCUT2D eigenvalue weighted by molar-refractivity contribution is 0.0125. The largest absolute Gasteiger partial charge is 0.468 e. The summed E-state index contributed by atoms with van der Waals surface area (Å²) in [5, 5.41) is 0. The van der Waals surface area contributed by atoms with Gasteiger partial charge in [0.25, 0.3) is 0 Å². The number of hydrogen-bond acceptors (Lipinski definition) is 3. The van der Waals surface area contributed by atoms with Crippen LogP contribution in [-0.4, -0.2) is 13.2 Å². The summed E-state index contributed by atoms with van der Waals surface area (Å²) >= 11 is 0. The standard InChI is InChI=1S/C13H21NO2/c1-15-13(10-6-3-2-4-7-10)12(14)11-8-5-9-16-11/h5,8-10,12-13H,2-4,6-7,14H2,1H3. The molecular formula is C13H21NO2. The van der Waals surface area contributed by atoms with E-state index < -0.39 is 0 Å². The Hall–Kier alpha value is -0.800. The maximum Gasteiger partial charge on any atom is 0.123 e. The maximum atomic E-state index is 6.21. The van der Waals surface area contributed by atoms with Crippen molar-refractivity contribution in [2.75, 3.05) is 7.11 Å². The molecule has 3 nitrogen and oxygen atoms in total. The molecule has 2 N–H and O–H groups in total. The molecule has 0 bridgehead atoms. The van der Waals surface area contributed by atoms with Crippen LogP contribution < -0.4 is 5.73 Å². The van der Waals surface area contributed by atoms with Gasteiger partial charge in [0.1, 0.15) is 5.76 Å². The first-order valence-corrected chi connectivity index (χ1v) is 6.14. The number of hydrogen-bond donors (Lipinski definition) is 1. The zero-order chi connectivity index (χ0) is 11.4. The van der Waals surface area contributed by atoms with E-state index in [1.165, 1.54) is 32.1 Å². The molecule has 1 aromatic rings. The third kappa shape index (κ3) is 2.47. The van der Waals surface area contributed by atoms with E-state index in [4.69, 9.17) is 14.9 Å². The fourth-order valence-corrected chi connectivity index (χ4v) is 2.74. The fourth-order valence-electron chi connectivity index (χ4n) is 2.74. The van der Waals surface area contributed by atoms with Gasteiger partial charge in [0.15, 0.2) is 0 Å². The fraction of sp³-hybridized carbons (Fsp3) is 0.692. The highest BCUT2D eigenvalue weighted by Gasteiger charge is 2.30. The first kappa shape index (κ1) is 11.7. The number of ether oxygens (including phenoxy) is 1. The average Bonchev–Trinajstić information content (AvgIpc) is 2.85. The van der Waals surface area contributed by atoms with Crippen molar-refractivity contribution in [1.82, 2.24) is 0 Å². The quantitative estimate of drug-likeness (QED) is 0.853. The van der Waals surface area contributed by atoms with E-state index in [1.54, 1.807) is 13.4 Å². The molecule has 0 aromatic carbocycles. The van der Waals surface area contributed by atoms with Crippen LogP contribution in [0.25, 0.3) is 0 Å². The van der Waals surface area contributed by atoms with Crippen molar-refractivity contribution in [3.05, 3.63) is 24.2 Å². The molecule has 1 aliphatic carbocycles. The minimum atomic E-state index is -0.136. The number of methoxy groups -OCH3 is 1. The monoisotopic (exact) mass is 223 g/mol. The van der Waals surface area contributed by atoms with Crippen LogP contribution in [0.5, 0.6) is 0 Å². The normalized spacial score (nSPS) is 21.9. The van der Waals surface area contributed by atoms with Crippen molar-refractivity contribution in [3.8, 4) is 0 Å². The maximum absolute atomic E-state index is 6.21. The molecule has 2 unspecified atom stereocenters. The third-order valence-corrected chi connectivity index (χ3v) is 3.61. The van der Waals surface area contributed by atoms with Crippen LogP contribution >= 0.6 is 0 Å². The van der Waals surface area contributed by atoms with Crippen molar-refractivity contribution in [2.45, 2.75) is 44.2 Å². The molecule has 1 fully saturated rings. The van der Waals surface area contributed by atoms with E-state index >= 15 is 0 Å². The first-order valence-electron chi connectivity index (χ1n) is 6.14. The van der Waals surface area contributed by atoms with Gasteiger partial charge in [-0.2, -0.15) is 0 Å². The molecule has 1 saturated carbocycles. The highest BCUT2D eigenvalue weighted by molar-refractivity contribution is 5.06. The molecule has 0 saturated heterocycles. The minimum absolute atomic E-state index is 0.0893. The Bertz CT molecular complexity index is 291. The molecule has 1 heterocycles. The summed E-state index contributed by atoms with van der Waals surface area (Å²) in [6.07, 6.45) is 8.17. The molecule has 2 atom stereocenters. The van der Waals surface area contributed by atoms with Crippen LogP contribution in [0.4, 0.5) is 0 Å². The zero-order valence-electron chi connectivity index (χ0n) is 9.89. The Balaban J connectivity index is 2.03. The third-order valence-electron chi connectivity index (χ3n) is 3.61. The molecule has 16 heavy (non-hydrogen) atoms. The van der Waals surface area contributed by atoms with E-state index in [2.05, 4.69) is 0 Å². The highest BCUT2D eigenvalue weighted by Crippen LogP contribution is 2.33. The van der Waals surface area contributed by atoms with E-state index in [0.29, 0.717) is 5.92 Å². The van der Waals surface area contributed by atoms with Crippen molar-refractivity contribution in [3.63, 3.8) is 0 Å². The van der Waals surface area contributed by atoms with Gasteiger partial charge in [0.05, 0.1) is 18.4 Å². The zero-order valence-corrected chi connectivity index (χ0v) is 9.89. The topological polar surface area (TPSA) is 48.4 Å². The van der Waals surface area contributed by atoms with Gasteiger partial charge in [-0.1, -0.05) is 19.3 Å². The summed E-state index contributed by atoms with van der Waals surface area (Å²) in [6.45, 7) is 0. The molecule has 2 rings (SSSR count). The molecule has 1 aliphatic rings. The summed E-state index contributed by atoms with van der Waals surface area (Å²) in [5.74, 6) is 1.41. The smallest absolute Gasteiger partial charge is 0.123 e. The lowest BCUT2D eigenvalue weighted by Crippen LogP contribution is -2.35. The van der Waals surface area contributed by atoms with Crippen LogP contribution in [-0.2, 0) is 4.74 Å². The number of nitrogens with two attached hydrogens (primary N) is 1. The summed E-state index contributed by atoms with van der Waals surface area (Å²) in [7, 11) is 1.75. The van der Waals surface area contributed by atoms with Crippen LogP contribution in [0.1, 0.15) is 43.9 Å². The Kier molecular flexibility index (Phi) is 4.02. The predicted octanol–water partition coefficient (Wildman–Crippen LogP) is 2.87. The van der Waals surface area contributed by atoms with Crippen molar-refractivity contribution >= 4 is 0 Å². The molecule has 90 valence electrons. The molecule has 0 radical (unpaired) electrons. The lowest BCUT2D eigenvalue weighted by atomic mass is 9.82. The van der Waals surface area contributed by atoms with Crippen LogP contribution in [0.15, 0.2) is 22.8 Å². The average molecular weight is 223 g/mol. The number of rotatable bonds is 4. The highest BCUT2D eigenvalue weighted by atomic mass is 16.5. The van der Waals surface area contributed by atoms with E-state index in [1.807, 2.05) is 12.1 Å². The van der Waals surface area contributed by atoms with Gasteiger partial charge in [0, 0.05) is 7.11 Å². The SMILES string of the molecule is COC(C1CCCCC1)C(N)c1ccco1. The van der Waals surface area contributed by atoms with Crippen LogP contribution in [0.2, 0.25) is 0 Å². The van der Waals surface area contributed by atoms with Gasteiger partial charge in [-0.3, -0.25) is 0 Å². The second kappa shape index (κ2) is 5.51. The Morgan fingerprint density at radius 2 is 2.12 bits per heavy atom. The summed E-state index contributed by atoms with van der Waals surface area (Å²) in [6, 6.07) is 3.67. The minimum Gasteiger partial charge on any atom is -0.468 e. The van der Waals surface area contributed by atoms with Gasteiger partial charge in [-0.05, 0) is 30.9 Å². The van der Waals surface area contributed by atoms with Crippen LogP contribution in [0.3, 0.4) is 0 Å².